The van der Waals surface area contributed by atoms with Gasteiger partial charge in [-0.05, 0) is 122 Å². The van der Waals surface area contributed by atoms with Crippen LogP contribution in [0.5, 0.6) is 0 Å². The van der Waals surface area contributed by atoms with Crippen LogP contribution >= 0.6 is 0 Å². The third kappa shape index (κ3) is 6.53. The molecule has 0 aliphatic heterocycles. The van der Waals surface area contributed by atoms with Crippen LogP contribution in [-0.4, -0.2) is 0 Å². The molecule has 0 fully saturated rings. The quantitative estimate of drug-likeness (QED) is 0.117. The van der Waals surface area contributed by atoms with Gasteiger partial charge < -0.3 is 0 Å². The molecule has 11 aromatic rings. The van der Waals surface area contributed by atoms with E-state index >= 15 is 0 Å². The SMILES string of the molecule is C(=C\c1ccc(-c2c3ccccc3c(-c3ccc4cc(-c5c6ccccc6c(-c6ccccc6)c6ccccc56)ccc4c3)c3ccccc23)cc1)/c1ccccc1.CC. The van der Waals surface area contributed by atoms with E-state index < -0.39 is 0 Å². The molecule has 0 saturated heterocycles. The molecule has 0 radical (unpaired) electrons. The second-order valence-electron chi connectivity index (χ2n) is 15.2. The molecule has 0 N–H and O–H groups in total. The zero-order valence-electron chi connectivity index (χ0n) is 33.9. The van der Waals surface area contributed by atoms with Crippen LogP contribution in [0.3, 0.4) is 0 Å². The molecule has 11 rings (SSSR count). The highest BCUT2D eigenvalue weighted by Crippen LogP contribution is 2.46. The van der Waals surface area contributed by atoms with Gasteiger partial charge in [-0.15, -0.1) is 0 Å². The molecule has 11 aromatic carbocycles. The molecule has 0 heterocycles. The highest BCUT2D eigenvalue weighted by atomic mass is 14.2. The normalized spacial score (nSPS) is 11.4. The van der Waals surface area contributed by atoms with Crippen molar-refractivity contribution in [2.45, 2.75) is 13.8 Å². The summed E-state index contributed by atoms with van der Waals surface area (Å²) in [6, 6.07) is 80.0. The average Bonchev–Trinajstić information content (AvgIpc) is 3.33. The van der Waals surface area contributed by atoms with Crippen molar-refractivity contribution < 1.29 is 0 Å². The van der Waals surface area contributed by atoms with Crippen LogP contribution in [0.4, 0.5) is 0 Å². The minimum atomic E-state index is 1.18. The van der Waals surface area contributed by atoms with E-state index in [0.717, 1.165) is 0 Å². The summed E-state index contributed by atoms with van der Waals surface area (Å²) in [5.41, 5.74) is 12.4. The van der Waals surface area contributed by atoms with Gasteiger partial charge in [0.2, 0.25) is 0 Å². The summed E-state index contributed by atoms with van der Waals surface area (Å²) in [5.74, 6) is 0. The van der Waals surface area contributed by atoms with E-state index in [0.29, 0.717) is 0 Å². The Morgan fingerprint density at radius 1 is 0.233 bits per heavy atom. The van der Waals surface area contributed by atoms with Crippen LogP contribution in [0.25, 0.3) is 111 Å². The first kappa shape index (κ1) is 36.8. The molecule has 0 heteroatoms. The van der Waals surface area contributed by atoms with Crippen LogP contribution in [0, 0.1) is 0 Å². The zero-order valence-corrected chi connectivity index (χ0v) is 33.9. The highest BCUT2D eigenvalue weighted by molar-refractivity contribution is 6.23. The molecular weight excluding hydrogens is 721 g/mol. The van der Waals surface area contributed by atoms with E-state index in [4.69, 9.17) is 0 Å². The molecule has 0 aromatic heterocycles. The van der Waals surface area contributed by atoms with E-state index in [2.05, 4.69) is 231 Å². The maximum absolute atomic E-state index is 2.38. The monoisotopic (exact) mass is 764 g/mol. The fourth-order valence-electron chi connectivity index (χ4n) is 9.18. The van der Waals surface area contributed by atoms with Crippen molar-refractivity contribution in [2.24, 2.45) is 0 Å². The number of fused-ring (bicyclic) bond motifs is 5. The Bertz CT molecular complexity index is 3240. The first-order chi connectivity index (χ1) is 29.8. The molecule has 0 aliphatic carbocycles. The van der Waals surface area contributed by atoms with Crippen molar-refractivity contribution in [3.8, 4) is 44.5 Å². The molecule has 0 saturated carbocycles. The summed E-state index contributed by atoms with van der Waals surface area (Å²) in [5, 5.41) is 12.6. The van der Waals surface area contributed by atoms with Crippen molar-refractivity contribution in [3.05, 3.63) is 230 Å². The van der Waals surface area contributed by atoms with Crippen LogP contribution < -0.4 is 0 Å². The van der Waals surface area contributed by atoms with Gasteiger partial charge in [-0.3, -0.25) is 0 Å². The van der Waals surface area contributed by atoms with E-state index in [1.165, 1.54) is 109 Å². The largest absolute Gasteiger partial charge is 0.0683 e. The van der Waals surface area contributed by atoms with Gasteiger partial charge in [0.25, 0.3) is 0 Å². The second kappa shape index (κ2) is 16.0. The molecule has 284 valence electrons. The Morgan fingerprint density at radius 3 is 0.867 bits per heavy atom. The van der Waals surface area contributed by atoms with Crippen molar-refractivity contribution in [2.75, 3.05) is 0 Å². The van der Waals surface area contributed by atoms with Crippen LogP contribution in [0.2, 0.25) is 0 Å². The Morgan fingerprint density at radius 2 is 0.500 bits per heavy atom. The first-order valence-electron chi connectivity index (χ1n) is 21.1. The average molecular weight is 765 g/mol. The molecular formula is C60H44. The summed E-state index contributed by atoms with van der Waals surface area (Å²) >= 11 is 0. The van der Waals surface area contributed by atoms with Crippen molar-refractivity contribution in [3.63, 3.8) is 0 Å². The standard InChI is InChI=1S/C58H38.C2H6/c1-3-15-39(16-4-1)27-28-40-29-31-42(32-30-40)56-49-21-9-13-25-53(49)58(54-26-14-10-22-50(54)56)46-36-34-43-37-45(35-33-44(43)38-46)57-51-23-11-7-19-47(51)55(41-17-5-2-6-18-41)48-20-8-12-24-52(48)57;1-2/h1-38H;1-2H3/b28-27+;. The lowest BCUT2D eigenvalue weighted by molar-refractivity contribution is 1.50. The van der Waals surface area contributed by atoms with Gasteiger partial charge in [0.15, 0.2) is 0 Å². The molecule has 0 spiro atoms. The fraction of sp³-hybridized carbons (Fsp3) is 0.0333. The predicted octanol–water partition coefficient (Wildman–Crippen LogP) is 17.3. The summed E-state index contributed by atoms with van der Waals surface area (Å²) in [6.07, 6.45) is 4.36. The number of benzene rings is 11. The maximum Gasteiger partial charge on any atom is -0.00262 e. The van der Waals surface area contributed by atoms with Crippen molar-refractivity contribution >= 4 is 66.0 Å². The number of hydrogen-bond acceptors (Lipinski definition) is 0. The topological polar surface area (TPSA) is 0 Å². The van der Waals surface area contributed by atoms with Crippen LogP contribution in [0.15, 0.2) is 218 Å². The van der Waals surface area contributed by atoms with E-state index in [1.807, 2.05) is 13.8 Å². The minimum absolute atomic E-state index is 1.18. The molecule has 60 heavy (non-hydrogen) atoms. The summed E-state index contributed by atoms with van der Waals surface area (Å²) in [6.45, 7) is 4.00. The molecule has 0 bridgehead atoms. The van der Waals surface area contributed by atoms with Gasteiger partial charge in [0.1, 0.15) is 0 Å². The third-order valence-corrected chi connectivity index (χ3v) is 11.8. The van der Waals surface area contributed by atoms with Gasteiger partial charge in [-0.1, -0.05) is 232 Å². The van der Waals surface area contributed by atoms with Crippen molar-refractivity contribution in [1.82, 2.24) is 0 Å². The van der Waals surface area contributed by atoms with Crippen LogP contribution in [0.1, 0.15) is 25.0 Å². The van der Waals surface area contributed by atoms with E-state index in [1.54, 1.807) is 0 Å². The Hall–Kier alpha value is -7.54. The summed E-state index contributed by atoms with van der Waals surface area (Å²) in [4.78, 5) is 0. The van der Waals surface area contributed by atoms with Gasteiger partial charge in [0.05, 0.1) is 0 Å². The van der Waals surface area contributed by atoms with Gasteiger partial charge in [0, 0.05) is 0 Å². The lowest BCUT2D eigenvalue weighted by Crippen LogP contribution is -1.92. The molecule has 0 nitrogen and oxygen atoms in total. The van der Waals surface area contributed by atoms with E-state index in [9.17, 15) is 0 Å². The molecule has 0 unspecified atom stereocenters. The molecule has 0 aliphatic rings. The Balaban J connectivity index is 0.00000213. The lowest BCUT2D eigenvalue weighted by Gasteiger charge is -2.19. The smallest absolute Gasteiger partial charge is 0.00262 e. The second-order valence-corrected chi connectivity index (χ2v) is 15.2. The number of rotatable bonds is 6. The van der Waals surface area contributed by atoms with Gasteiger partial charge in [-0.25, -0.2) is 0 Å². The first-order valence-corrected chi connectivity index (χ1v) is 21.1. The maximum atomic E-state index is 2.38. The molecule has 0 atom stereocenters. The Labute approximate surface area is 352 Å². The van der Waals surface area contributed by atoms with Gasteiger partial charge in [-0.2, -0.15) is 0 Å². The van der Waals surface area contributed by atoms with E-state index in [-0.39, 0.29) is 0 Å². The summed E-state index contributed by atoms with van der Waals surface area (Å²) < 4.78 is 0. The zero-order chi connectivity index (χ0) is 40.4. The van der Waals surface area contributed by atoms with Gasteiger partial charge >= 0.3 is 0 Å². The molecule has 0 amide bonds. The van der Waals surface area contributed by atoms with Crippen LogP contribution in [-0.2, 0) is 0 Å². The predicted molar refractivity (Wildman–Crippen MR) is 262 cm³/mol. The van der Waals surface area contributed by atoms with Crippen molar-refractivity contribution in [1.29, 1.82) is 0 Å². The third-order valence-electron chi connectivity index (χ3n) is 11.8. The fourth-order valence-corrected chi connectivity index (χ4v) is 9.18. The minimum Gasteiger partial charge on any atom is -0.0683 e. The Kier molecular flexibility index (Phi) is 9.81. The number of hydrogen-bond donors (Lipinski definition) is 0. The lowest BCUT2D eigenvalue weighted by atomic mass is 9.84. The highest BCUT2D eigenvalue weighted by Gasteiger charge is 2.19. The summed E-state index contributed by atoms with van der Waals surface area (Å²) in [7, 11) is 0.